The molecule has 0 fully saturated rings. The molecule has 104 valence electrons. The van der Waals surface area contributed by atoms with E-state index in [4.69, 9.17) is 18.0 Å². The number of benzene rings is 1. The van der Waals surface area contributed by atoms with E-state index in [2.05, 4.69) is 10.6 Å². The first-order chi connectivity index (χ1) is 9.51. The molecule has 1 aromatic carbocycles. The number of nitrogens with two attached hydrogens (primary N) is 1. The van der Waals surface area contributed by atoms with Gasteiger partial charge in [-0.3, -0.25) is 4.79 Å². The van der Waals surface area contributed by atoms with Crippen LogP contribution in [0.15, 0.2) is 30.3 Å². The molecule has 0 aliphatic carbocycles. The zero-order chi connectivity index (χ0) is 14.7. The first-order valence-electron chi connectivity index (χ1n) is 5.69. The summed E-state index contributed by atoms with van der Waals surface area (Å²) in [6, 6.07) is 7.69. The number of primary amides is 1. The monoisotopic (exact) mass is 309 g/mol. The van der Waals surface area contributed by atoms with Crippen LogP contribution in [0.3, 0.4) is 0 Å². The van der Waals surface area contributed by atoms with Crippen molar-refractivity contribution in [3.63, 3.8) is 0 Å². The van der Waals surface area contributed by atoms with Crippen molar-refractivity contribution in [2.45, 2.75) is 0 Å². The number of nitrogens with one attached hydrogen (secondary N) is 2. The van der Waals surface area contributed by atoms with E-state index in [0.29, 0.717) is 15.7 Å². The third kappa shape index (κ3) is 3.12. The Labute approximate surface area is 124 Å². The highest BCUT2D eigenvalue weighted by molar-refractivity contribution is 7.80. The number of carbonyl (C=O) groups excluding carboxylic acids is 1. The van der Waals surface area contributed by atoms with Crippen molar-refractivity contribution in [2.24, 2.45) is 5.73 Å². The van der Waals surface area contributed by atoms with Crippen LogP contribution < -0.4 is 16.4 Å². The van der Waals surface area contributed by atoms with Crippen molar-refractivity contribution in [3.05, 3.63) is 41.7 Å². The molecule has 1 aromatic heterocycles. The maximum Gasteiger partial charge on any atom is 0.251 e. The molecule has 4 nitrogen and oxygen atoms in total. The maximum atomic E-state index is 12.9. The molecule has 20 heavy (non-hydrogen) atoms. The van der Waals surface area contributed by atoms with Gasteiger partial charge >= 0.3 is 0 Å². The van der Waals surface area contributed by atoms with Crippen LogP contribution in [-0.2, 0) is 0 Å². The van der Waals surface area contributed by atoms with Crippen LogP contribution >= 0.6 is 23.6 Å². The minimum absolute atomic E-state index is 0.310. The normalized spacial score (nSPS) is 10.1. The quantitative estimate of drug-likeness (QED) is 0.762. The van der Waals surface area contributed by atoms with Gasteiger partial charge in [0.05, 0.1) is 5.56 Å². The van der Waals surface area contributed by atoms with E-state index in [1.165, 1.54) is 23.5 Å². The van der Waals surface area contributed by atoms with Gasteiger partial charge in [0.1, 0.15) is 10.8 Å². The molecule has 0 spiro atoms. The molecule has 7 heteroatoms. The Morgan fingerprint density at radius 3 is 2.55 bits per heavy atom. The van der Waals surface area contributed by atoms with Crippen LogP contribution in [0.25, 0.3) is 10.4 Å². The molecule has 0 radical (unpaired) electrons. The lowest BCUT2D eigenvalue weighted by Gasteiger charge is -2.05. The van der Waals surface area contributed by atoms with E-state index in [9.17, 15) is 9.18 Å². The third-order valence-electron chi connectivity index (χ3n) is 2.58. The lowest BCUT2D eigenvalue weighted by Crippen LogP contribution is -2.25. The number of amides is 1. The smallest absolute Gasteiger partial charge is 0.251 e. The second kappa shape index (κ2) is 5.98. The Morgan fingerprint density at radius 2 is 2.00 bits per heavy atom. The van der Waals surface area contributed by atoms with Gasteiger partial charge in [-0.2, -0.15) is 0 Å². The minimum atomic E-state index is -0.545. The highest BCUT2D eigenvalue weighted by Gasteiger charge is 2.15. The van der Waals surface area contributed by atoms with E-state index in [-0.39, 0.29) is 5.82 Å². The van der Waals surface area contributed by atoms with Gasteiger partial charge in [-0.05, 0) is 36.0 Å². The molecular formula is C13H12FN3OS2. The fourth-order valence-corrected chi connectivity index (χ4v) is 2.83. The van der Waals surface area contributed by atoms with Crippen LogP contribution in [0.5, 0.6) is 0 Å². The highest BCUT2D eigenvalue weighted by atomic mass is 32.1. The Hall–Kier alpha value is -1.99. The van der Waals surface area contributed by atoms with Gasteiger partial charge in [-0.25, -0.2) is 4.39 Å². The SMILES string of the molecule is CNC(=S)Nc1sc(-c2ccc(F)cc2)cc1C(N)=O. The van der Waals surface area contributed by atoms with Crippen molar-refractivity contribution in [1.29, 1.82) is 0 Å². The van der Waals surface area contributed by atoms with Crippen LogP contribution in [-0.4, -0.2) is 18.1 Å². The second-order valence-corrected chi connectivity index (χ2v) is 5.39. The van der Waals surface area contributed by atoms with E-state index < -0.39 is 5.91 Å². The number of hydrogen-bond donors (Lipinski definition) is 3. The van der Waals surface area contributed by atoms with E-state index in [1.807, 2.05) is 0 Å². The molecule has 0 aliphatic rings. The van der Waals surface area contributed by atoms with Crippen molar-refractivity contribution < 1.29 is 9.18 Å². The van der Waals surface area contributed by atoms with E-state index in [0.717, 1.165) is 10.4 Å². The molecule has 0 atom stereocenters. The molecular weight excluding hydrogens is 297 g/mol. The molecule has 1 heterocycles. The fraction of sp³-hybridized carbons (Fsp3) is 0.0769. The van der Waals surface area contributed by atoms with Gasteiger partial charge in [0.15, 0.2) is 5.11 Å². The third-order valence-corrected chi connectivity index (χ3v) is 3.99. The average molecular weight is 309 g/mol. The Bertz CT molecular complexity index is 652. The summed E-state index contributed by atoms with van der Waals surface area (Å²) < 4.78 is 12.9. The molecule has 0 unspecified atom stereocenters. The predicted molar refractivity (Wildman–Crippen MR) is 83.5 cm³/mol. The second-order valence-electron chi connectivity index (χ2n) is 3.93. The number of hydrogen-bond acceptors (Lipinski definition) is 3. The Kier molecular flexibility index (Phi) is 4.31. The van der Waals surface area contributed by atoms with Crippen LogP contribution in [0.4, 0.5) is 9.39 Å². The Morgan fingerprint density at radius 1 is 1.35 bits per heavy atom. The minimum Gasteiger partial charge on any atom is -0.366 e. The lowest BCUT2D eigenvalue weighted by molar-refractivity contribution is 0.100. The van der Waals surface area contributed by atoms with Crippen molar-refractivity contribution >= 4 is 39.6 Å². The summed E-state index contributed by atoms with van der Waals surface area (Å²) in [7, 11) is 1.67. The first kappa shape index (κ1) is 14.4. The molecule has 0 aliphatic heterocycles. The Balaban J connectivity index is 2.40. The molecule has 2 rings (SSSR count). The van der Waals surface area contributed by atoms with E-state index in [1.54, 1.807) is 25.2 Å². The van der Waals surface area contributed by atoms with Gasteiger partial charge in [0, 0.05) is 11.9 Å². The van der Waals surface area contributed by atoms with Gasteiger partial charge in [-0.1, -0.05) is 12.1 Å². The average Bonchev–Trinajstić information content (AvgIpc) is 2.83. The zero-order valence-corrected chi connectivity index (χ0v) is 12.2. The summed E-state index contributed by atoms with van der Waals surface area (Å²) in [5, 5.41) is 6.62. The molecule has 2 aromatic rings. The van der Waals surface area contributed by atoms with Crippen molar-refractivity contribution in [2.75, 3.05) is 12.4 Å². The lowest BCUT2D eigenvalue weighted by atomic mass is 10.1. The van der Waals surface area contributed by atoms with Crippen molar-refractivity contribution in [1.82, 2.24) is 5.32 Å². The highest BCUT2D eigenvalue weighted by Crippen LogP contribution is 2.35. The van der Waals surface area contributed by atoms with Crippen LogP contribution in [0, 0.1) is 5.82 Å². The summed E-state index contributed by atoms with van der Waals surface area (Å²) in [5.74, 6) is -0.855. The number of rotatable bonds is 3. The maximum absolute atomic E-state index is 12.9. The molecule has 0 bridgehead atoms. The van der Waals surface area contributed by atoms with Crippen LogP contribution in [0.1, 0.15) is 10.4 Å². The van der Waals surface area contributed by atoms with E-state index >= 15 is 0 Å². The van der Waals surface area contributed by atoms with Crippen molar-refractivity contribution in [3.8, 4) is 10.4 Å². The zero-order valence-electron chi connectivity index (χ0n) is 10.6. The number of carbonyl (C=O) groups is 1. The van der Waals surface area contributed by atoms with Crippen LogP contribution in [0.2, 0.25) is 0 Å². The topological polar surface area (TPSA) is 67.2 Å². The van der Waals surface area contributed by atoms with Gasteiger partial charge < -0.3 is 16.4 Å². The van der Waals surface area contributed by atoms with Gasteiger partial charge in [-0.15, -0.1) is 11.3 Å². The summed E-state index contributed by atoms with van der Waals surface area (Å²) in [5.41, 5.74) is 6.51. The number of thiophene rings is 1. The summed E-state index contributed by atoms with van der Waals surface area (Å²) in [6.07, 6.45) is 0. The molecule has 0 saturated carbocycles. The van der Waals surface area contributed by atoms with Gasteiger partial charge in [0.2, 0.25) is 0 Å². The number of anilines is 1. The first-order valence-corrected chi connectivity index (χ1v) is 6.92. The molecule has 4 N–H and O–H groups in total. The number of halogens is 1. The van der Waals surface area contributed by atoms with Gasteiger partial charge in [0.25, 0.3) is 5.91 Å². The predicted octanol–water partition coefficient (Wildman–Crippen LogP) is 2.57. The number of thiocarbonyl (C=S) groups is 1. The molecule has 0 saturated heterocycles. The summed E-state index contributed by atoms with van der Waals surface area (Å²) in [6.45, 7) is 0. The standard InChI is InChI=1S/C13H12FN3OS2/c1-16-13(19)17-12-9(11(15)18)6-10(20-12)7-2-4-8(14)5-3-7/h2-6H,1H3,(H2,15,18)(H2,16,17,19). The fourth-order valence-electron chi connectivity index (χ4n) is 1.59. The largest absolute Gasteiger partial charge is 0.366 e. The summed E-state index contributed by atoms with van der Waals surface area (Å²) in [4.78, 5) is 12.3. The molecule has 1 amide bonds. The summed E-state index contributed by atoms with van der Waals surface area (Å²) >= 11 is 6.34.